The smallest absolute Gasteiger partial charge is 0.205 e. The number of nitrogens with zero attached hydrogens (tertiary/aromatic N) is 1. The molecule has 6 heteroatoms. The first kappa shape index (κ1) is 14.4. The summed E-state index contributed by atoms with van der Waals surface area (Å²) in [5.41, 5.74) is 13.3. The van der Waals surface area contributed by atoms with Crippen molar-refractivity contribution in [1.82, 2.24) is 0 Å². The molecule has 0 amide bonds. The SMILES string of the molecule is N#CC1=C(N)Oc2cc(N)ccc2[C@H]1c1cc(Br)ccc1F. The summed E-state index contributed by atoms with van der Waals surface area (Å²) < 4.78 is 20.5. The topological polar surface area (TPSA) is 85.1 Å². The summed E-state index contributed by atoms with van der Waals surface area (Å²) in [5.74, 6) is -0.656. The van der Waals surface area contributed by atoms with E-state index in [9.17, 15) is 9.65 Å². The van der Waals surface area contributed by atoms with Crippen LogP contribution in [0.4, 0.5) is 10.1 Å². The average molecular weight is 360 g/mol. The molecule has 0 fully saturated rings. The Labute approximate surface area is 134 Å². The van der Waals surface area contributed by atoms with Crippen molar-refractivity contribution in [3.8, 4) is 11.8 Å². The highest BCUT2D eigenvalue weighted by molar-refractivity contribution is 9.10. The lowest BCUT2D eigenvalue weighted by molar-refractivity contribution is 0.392. The van der Waals surface area contributed by atoms with Crippen molar-refractivity contribution in [2.45, 2.75) is 5.92 Å². The summed E-state index contributed by atoms with van der Waals surface area (Å²) in [6.07, 6.45) is 0. The van der Waals surface area contributed by atoms with Crippen LogP contribution in [-0.4, -0.2) is 0 Å². The molecule has 0 radical (unpaired) electrons. The van der Waals surface area contributed by atoms with Gasteiger partial charge in [0.1, 0.15) is 23.2 Å². The van der Waals surface area contributed by atoms with E-state index in [1.165, 1.54) is 6.07 Å². The first-order valence-electron chi connectivity index (χ1n) is 6.43. The van der Waals surface area contributed by atoms with Crippen molar-refractivity contribution in [2.75, 3.05) is 5.73 Å². The van der Waals surface area contributed by atoms with Crippen LogP contribution in [0.25, 0.3) is 0 Å². The maximum atomic E-state index is 14.3. The van der Waals surface area contributed by atoms with Gasteiger partial charge in [0, 0.05) is 27.4 Å². The molecule has 1 aliphatic rings. The van der Waals surface area contributed by atoms with E-state index in [0.29, 0.717) is 27.0 Å². The molecule has 0 bridgehead atoms. The molecule has 3 rings (SSSR count). The summed E-state index contributed by atoms with van der Waals surface area (Å²) in [6, 6.07) is 11.6. The van der Waals surface area contributed by atoms with Crippen LogP contribution >= 0.6 is 15.9 Å². The van der Waals surface area contributed by atoms with Gasteiger partial charge in [-0.25, -0.2) is 4.39 Å². The molecule has 22 heavy (non-hydrogen) atoms. The van der Waals surface area contributed by atoms with E-state index in [1.807, 2.05) is 6.07 Å². The molecule has 110 valence electrons. The lowest BCUT2D eigenvalue weighted by atomic mass is 9.83. The number of fused-ring (bicyclic) bond motifs is 1. The van der Waals surface area contributed by atoms with Crippen LogP contribution in [0.5, 0.6) is 5.75 Å². The van der Waals surface area contributed by atoms with E-state index in [2.05, 4.69) is 15.9 Å². The van der Waals surface area contributed by atoms with Crippen molar-refractivity contribution in [3.05, 3.63) is 69.3 Å². The number of hydrogen-bond acceptors (Lipinski definition) is 4. The summed E-state index contributed by atoms with van der Waals surface area (Å²) in [4.78, 5) is 0. The van der Waals surface area contributed by atoms with Crippen molar-refractivity contribution in [2.24, 2.45) is 5.73 Å². The Kier molecular flexibility index (Phi) is 3.51. The van der Waals surface area contributed by atoms with Crippen molar-refractivity contribution < 1.29 is 9.13 Å². The van der Waals surface area contributed by atoms with Crippen molar-refractivity contribution in [1.29, 1.82) is 5.26 Å². The van der Waals surface area contributed by atoms with Crippen LogP contribution in [0.2, 0.25) is 0 Å². The Hall–Kier alpha value is -2.52. The molecule has 0 unspecified atom stereocenters. The number of allylic oxidation sites excluding steroid dienone is 1. The number of nitrogens with two attached hydrogens (primary N) is 2. The fraction of sp³-hybridized carbons (Fsp3) is 0.0625. The molecule has 0 aromatic heterocycles. The minimum absolute atomic E-state index is 0.0371. The van der Waals surface area contributed by atoms with Crippen LogP contribution in [0.1, 0.15) is 17.0 Å². The normalized spacial score (nSPS) is 16.7. The number of nitriles is 1. The second kappa shape index (κ2) is 5.35. The van der Waals surface area contributed by atoms with Crippen LogP contribution in [0.3, 0.4) is 0 Å². The minimum Gasteiger partial charge on any atom is -0.440 e. The predicted molar refractivity (Wildman–Crippen MR) is 84.3 cm³/mol. The van der Waals surface area contributed by atoms with E-state index >= 15 is 0 Å². The fourth-order valence-electron chi connectivity index (χ4n) is 2.53. The molecular weight excluding hydrogens is 349 g/mol. The van der Waals surface area contributed by atoms with Gasteiger partial charge in [-0.3, -0.25) is 0 Å². The average Bonchev–Trinajstić information content (AvgIpc) is 2.48. The zero-order chi connectivity index (χ0) is 15.9. The highest BCUT2D eigenvalue weighted by atomic mass is 79.9. The van der Waals surface area contributed by atoms with Gasteiger partial charge in [0.25, 0.3) is 0 Å². The first-order chi connectivity index (χ1) is 10.5. The van der Waals surface area contributed by atoms with Gasteiger partial charge in [-0.15, -0.1) is 0 Å². The van der Waals surface area contributed by atoms with Gasteiger partial charge in [-0.2, -0.15) is 5.26 Å². The molecule has 2 aromatic carbocycles. The quantitative estimate of drug-likeness (QED) is 0.764. The third-order valence-corrected chi connectivity index (χ3v) is 4.01. The Morgan fingerprint density at radius 1 is 1.14 bits per heavy atom. The highest BCUT2D eigenvalue weighted by Gasteiger charge is 2.32. The number of ether oxygens (including phenoxy) is 1. The monoisotopic (exact) mass is 359 g/mol. The third-order valence-electron chi connectivity index (χ3n) is 3.51. The second-order valence-electron chi connectivity index (χ2n) is 4.89. The predicted octanol–water partition coefficient (Wildman–Crippen LogP) is 3.39. The van der Waals surface area contributed by atoms with Gasteiger partial charge in [-0.1, -0.05) is 22.0 Å². The van der Waals surface area contributed by atoms with E-state index in [-0.39, 0.29) is 11.5 Å². The number of benzene rings is 2. The van der Waals surface area contributed by atoms with E-state index in [4.69, 9.17) is 16.2 Å². The van der Waals surface area contributed by atoms with E-state index in [1.54, 1.807) is 30.3 Å². The molecule has 1 atom stereocenters. The number of nitrogen functional groups attached to an aromatic ring is 1. The number of anilines is 1. The highest BCUT2D eigenvalue weighted by Crippen LogP contribution is 2.43. The van der Waals surface area contributed by atoms with E-state index < -0.39 is 11.7 Å². The summed E-state index contributed by atoms with van der Waals surface area (Å²) in [5, 5.41) is 9.41. The largest absolute Gasteiger partial charge is 0.440 e. The summed E-state index contributed by atoms with van der Waals surface area (Å²) >= 11 is 3.32. The van der Waals surface area contributed by atoms with Gasteiger partial charge < -0.3 is 16.2 Å². The molecule has 0 aliphatic carbocycles. The maximum Gasteiger partial charge on any atom is 0.205 e. The number of rotatable bonds is 1. The standard InChI is InChI=1S/C16H11BrFN3O/c17-8-1-4-13(18)11(5-8)15-10-3-2-9(20)6-14(10)22-16(21)12(15)7-19/h1-6,15H,20-21H2/t15-/m0/s1. The zero-order valence-corrected chi connectivity index (χ0v) is 12.9. The minimum atomic E-state index is -0.633. The molecule has 1 heterocycles. The fourth-order valence-corrected chi connectivity index (χ4v) is 2.91. The summed E-state index contributed by atoms with van der Waals surface area (Å²) in [7, 11) is 0. The Balaban J connectivity index is 2.28. The molecule has 4 N–H and O–H groups in total. The second-order valence-corrected chi connectivity index (χ2v) is 5.80. The van der Waals surface area contributed by atoms with Gasteiger partial charge in [0.15, 0.2) is 0 Å². The first-order valence-corrected chi connectivity index (χ1v) is 7.22. The summed E-state index contributed by atoms with van der Waals surface area (Å²) in [6.45, 7) is 0. The zero-order valence-electron chi connectivity index (χ0n) is 11.3. The third kappa shape index (κ3) is 2.30. The molecule has 4 nitrogen and oxygen atoms in total. The number of hydrogen-bond donors (Lipinski definition) is 2. The lowest BCUT2D eigenvalue weighted by Crippen LogP contribution is -2.21. The van der Waals surface area contributed by atoms with Crippen LogP contribution in [0.15, 0.2) is 52.3 Å². The van der Waals surface area contributed by atoms with Gasteiger partial charge in [-0.05, 0) is 24.3 Å². The molecular formula is C16H11BrFN3O. The van der Waals surface area contributed by atoms with Crippen LogP contribution < -0.4 is 16.2 Å². The molecule has 1 aliphatic heterocycles. The Morgan fingerprint density at radius 2 is 1.91 bits per heavy atom. The lowest BCUT2D eigenvalue weighted by Gasteiger charge is -2.27. The van der Waals surface area contributed by atoms with Gasteiger partial charge in [0.05, 0.1) is 5.92 Å². The van der Waals surface area contributed by atoms with E-state index in [0.717, 1.165) is 0 Å². The molecule has 0 saturated carbocycles. The van der Waals surface area contributed by atoms with Crippen LogP contribution in [0, 0.1) is 17.1 Å². The molecule has 0 saturated heterocycles. The van der Waals surface area contributed by atoms with Crippen molar-refractivity contribution >= 4 is 21.6 Å². The molecule has 0 spiro atoms. The number of halogens is 2. The Bertz CT molecular complexity index is 842. The molecule has 2 aromatic rings. The van der Waals surface area contributed by atoms with Crippen molar-refractivity contribution in [3.63, 3.8) is 0 Å². The van der Waals surface area contributed by atoms with Gasteiger partial charge >= 0.3 is 0 Å². The van der Waals surface area contributed by atoms with Gasteiger partial charge in [0.2, 0.25) is 5.88 Å². The Morgan fingerprint density at radius 3 is 2.64 bits per heavy atom. The maximum absolute atomic E-state index is 14.3. The van der Waals surface area contributed by atoms with Crippen LogP contribution in [-0.2, 0) is 0 Å².